The minimum Gasteiger partial charge on any atom is -0.450 e. The Kier molecular flexibility index (Phi) is 6.32. The Bertz CT molecular complexity index is 149. The molecule has 2 N–H and O–H groups in total. The van der Waals surface area contributed by atoms with Gasteiger partial charge in [-0.15, -0.1) is 0 Å². The van der Waals surface area contributed by atoms with Crippen molar-refractivity contribution in [3.05, 3.63) is 0 Å². The van der Waals surface area contributed by atoms with Gasteiger partial charge in [-0.3, -0.25) is 0 Å². The molecule has 0 heterocycles. The van der Waals surface area contributed by atoms with E-state index in [1.54, 1.807) is 0 Å². The molecule has 0 aromatic rings. The Morgan fingerprint density at radius 1 is 1.46 bits per heavy atom. The Hall–Kier alpha value is -0.770. The van der Waals surface area contributed by atoms with Crippen molar-refractivity contribution in [1.82, 2.24) is 4.90 Å². The van der Waals surface area contributed by atoms with E-state index in [2.05, 4.69) is 16.6 Å². The molecule has 78 valence electrons. The molecule has 0 aromatic carbocycles. The Morgan fingerprint density at radius 3 is 2.46 bits per heavy atom. The van der Waals surface area contributed by atoms with Crippen LogP contribution < -0.4 is 5.73 Å². The number of amides is 1. The summed E-state index contributed by atoms with van der Waals surface area (Å²) in [6.07, 6.45) is 2.42. The number of rotatable bonds is 6. The molecule has 0 radical (unpaired) electrons. The average Bonchev–Trinajstić information content (AvgIpc) is 2.02. The van der Waals surface area contributed by atoms with Gasteiger partial charge in [-0.05, 0) is 26.9 Å². The fourth-order valence-electron chi connectivity index (χ4n) is 1.29. The lowest BCUT2D eigenvalue weighted by molar-refractivity contribution is 0.138. The molecule has 13 heavy (non-hydrogen) atoms. The third-order valence-corrected chi connectivity index (χ3v) is 2.05. The highest BCUT2D eigenvalue weighted by atomic mass is 16.5. The normalized spacial score (nSPS) is 12.9. The van der Waals surface area contributed by atoms with Crippen molar-refractivity contribution >= 4 is 6.09 Å². The Labute approximate surface area is 80.0 Å². The number of hydrogen-bond donors (Lipinski definition) is 1. The van der Waals surface area contributed by atoms with Gasteiger partial charge in [0.2, 0.25) is 0 Å². The summed E-state index contributed by atoms with van der Waals surface area (Å²) >= 11 is 0. The molecule has 0 saturated heterocycles. The first-order chi connectivity index (χ1) is 6.07. The molecule has 4 nitrogen and oxygen atoms in total. The highest BCUT2D eigenvalue weighted by molar-refractivity contribution is 5.64. The van der Waals surface area contributed by atoms with Crippen LogP contribution in [0.2, 0.25) is 0 Å². The van der Waals surface area contributed by atoms with Crippen LogP contribution in [0.4, 0.5) is 4.79 Å². The summed E-state index contributed by atoms with van der Waals surface area (Å²) in [5.41, 5.74) is 4.85. The van der Waals surface area contributed by atoms with Crippen LogP contribution in [-0.2, 0) is 4.74 Å². The number of carbonyl (C=O) groups is 1. The van der Waals surface area contributed by atoms with E-state index in [0.717, 1.165) is 19.3 Å². The van der Waals surface area contributed by atoms with Crippen molar-refractivity contribution in [2.24, 2.45) is 5.73 Å². The second-order valence-electron chi connectivity index (χ2n) is 3.36. The van der Waals surface area contributed by atoms with Gasteiger partial charge in [-0.2, -0.15) is 0 Å². The molecule has 4 heteroatoms. The van der Waals surface area contributed by atoms with Gasteiger partial charge >= 0.3 is 6.09 Å². The largest absolute Gasteiger partial charge is 0.450 e. The summed E-state index contributed by atoms with van der Waals surface area (Å²) in [6, 6.07) is 0.476. The lowest BCUT2D eigenvalue weighted by Gasteiger charge is -2.23. The summed E-state index contributed by atoms with van der Waals surface area (Å²) in [4.78, 5) is 12.4. The predicted octanol–water partition coefficient (Wildman–Crippen LogP) is 1.20. The van der Waals surface area contributed by atoms with E-state index in [-0.39, 0.29) is 0 Å². The smallest absolute Gasteiger partial charge is 0.404 e. The van der Waals surface area contributed by atoms with Crippen LogP contribution in [0.15, 0.2) is 0 Å². The van der Waals surface area contributed by atoms with E-state index in [9.17, 15) is 4.79 Å². The van der Waals surface area contributed by atoms with Gasteiger partial charge in [0, 0.05) is 6.04 Å². The zero-order valence-electron chi connectivity index (χ0n) is 8.75. The maximum atomic E-state index is 10.3. The number of carbonyl (C=O) groups excluding carboxylic acids is 1. The monoisotopic (exact) mass is 188 g/mol. The van der Waals surface area contributed by atoms with Gasteiger partial charge < -0.3 is 15.4 Å². The molecule has 0 aliphatic rings. The first-order valence-electron chi connectivity index (χ1n) is 4.66. The quantitative estimate of drug-likeness (QED) is 0.681. The standard InChI is InChI=1S/C9H20N2O2/c1-4-5-8(11(2)3)6-7-13-9(10)12/h8H,4-7H2,1-3H3,(H2,10,12). The van der Waals surface area contributed by atoms with E-state index in [1.165, 1.54) is 0 Å². The van der Waals surface area contributed by atoms with E-state index < -0.39 is 6.09 Å². The summed E-state index contributed by atoms with van der Waals surface area (Å²) < 4.78 is 4.68. The van der Waals surface area contributed by atoms with Crippen LogP contribution in [0.25, 0.3) is 0 Å². The molecule has 0 aromatic heterocycles. The van der Waals surface area contributed by atoms with Crippen LogP contribution in [0.3, 0.4) is 0 Å². The Morgan fingerprint density at radius 2 is 2.08 bits per heavy atom. The number of nitrogens with zero attached hydrogens (tertiary/aromatic N) is 1. The summed E-state index contributed by atoms with van der Waals surface area (Å²) in [6.45, 7) is 2.56. The third kappa shape index (κ3) is 6.40. The number of hydrogen-bond acceptors (Lipinski definition) is 3. The molecule has 0 aliphatic carbocycles. The van der Waals surface area contributed by atoms with Crippen molar-refractivity contribution in [2.75, 3.05) is 20.7 Å². The third-order valence-electron chi connectivity index (χ3n) is 2.05. The van der Waals surface area contributed by atoms with Crippen molar-refractivity contribution in [3.8, 4) is 0 Å². The van der Waals surface area contributed by atoms with E-state index >= 15 is 0 Å². The van der Waals surface area contributed by atoms with Gasteiger partial charge in [0.25, 0.3) is 0 Å². The highest BCUT2D eigenvalue weighted by Crippen LogP contribution is 2.07. The fraction of sp³-hybridized carbons (Fsp3) is 0.889. The second-order valence-corrected chi connectivity index (χ2v) is 3.36. The molecule has 1 unspecified atom stereocenters. The van der Waals surface area contributed by atoms with E-state index in [1.807, 2.05) is 14.1 Å². The molecule has 0 aliphatic heterocycles. The second kappa shape index (κ2) is 6.71. The average molecular weight is 188 g/mol. The summed E-state index contributed by atoms with van der Waals surface area (Å²) in [5, 5.41) is 0. The molecule has 1 atom stereocenters. The summed E-state index contributed by atoms with van der Waals surface area (Å²) in [5.74, 6) is 0. The minimum absolute atomic E-state index is 0.415. The van der Waals surface area contributed by atoms with Crippen LogP contribution in [-0.4, -0.2) is 37.7 Å². The van der Waals surface area contributed by atoms with Crippen molar-refractivity contribution < 1.29 is 9.53 Å². The van der Waals surface area contributed by atoms with Crippen molar-refractivity contribution in [3.63, 3.8) is 0 Å². The van der Waals surface area contributed by atoms with Crippen molar-refractivity contribution in [2.45, 2.75) is 32.2 Å². The molecule has 1 amide bonds. The SMILES string of the molecule is CCCC(CCOC(N)=O)N(C)C. The fourth-order valence-corrected chi connectivity index (χ4v) is 1.29. The zero-order valence-corrected chi connectivity index (χ0v) is 8.75. The Balaban J connectivity index is 3.62. The van der Waals surface area contributed by atoms with Gasteiger partial charge in [0.15, 0.2) is 0 Å². The molecule has 0 fully saturated rings. The molecular formula is C9H20N2O2. The maximum Gasteiger partial charge on any atom is 0.404 e. The van der Waals surface area contributed by atoms with Gasteiger partial charge in [0.05, 0.1) is 6.61 Å². The molecule has 0 saturated carbocycles. The zero-order chi connectivity index (χ0) is 10.3. The van der Waals surface area contributed by atoms with E-state index in [4.69, 9.17) is 5.73 Å². The van der Waals surface area contributed by atoms with Gasteiger partial charge in [-0.1, -0.05) is 13.3 Å². The number of primary amides is 1. The van der Waals surface area contributed by atoms with Gasteiger partial charge in [0.1, 0.15) is 0 Å². The molecule has 0 spiro atoms. The van der Waals surface area contributed by atoms with Crippen molar-refractivity contribution in [1.29, 1.82) is 0 Å². The highest BCUT2D eigenvalue weighted by Gasteiger charge is 2.10. The molecule has 0 bridgehead atoms. The van der Waals surface area contributed by atoms with Gasteiger partial charge in [-0.25, -0.2) is 4.79 Å². The first-order valence-corrected chi connectivity index (χ1v) is 4.66. The van der Waals surface area contributed by atoms with Crippen LogP contribution >= 0.6 is 0 Å². The van der Waals surface area contributed by atoms with E-state index in [0.29, 0.717) is 12.6 Å². The molecular weight excluding hydrogens is 168 g/mol. The molecule has 0 rings (SSSR count). The van der Waals surface area contributed by atoms with Crippen LogP contribution in [0.1, 0.15) is 26.2 Å². The first kappa shape index (κ1) is 12.2. The summed E-state index contributed by atoms with van der Waals surface area (Å²) in [7, 11) is 4.06. The lowest BCUT2D eigenvalue weighted by atomic mass is 10.1. The lowest BCUT2D eigenvalue weighted by Crippen LogP contribution is -2.29. The maximum absolute atomic E-state index is 10.3. The number of ether oxygens (including phenoxy) is 1. The predicted molar refractivity (Wildman–Crippen MR) is 52.5 cm³/mol. The number of nitrogens with two attached hydrogens (primary N) is 1. The minimum atomic E-state index is -0.686. The van der Waals surface area contributed by atoms with Crippen LogP contribution in [0.5, 0.6) is 0 Å². The van der Waals surface area contributed by atoms with Crippen LogP contribution in [0, 0.1) is 0 Å². The topological polar surface area (TPSA) is 55.6 Å².